The van der Waals surface area contributed by atoms with Gasteiger partial charge in [0.1, 0.15) is 0 Å². The Morgan fingerprint density at radius 3 is 2.26 bits per heavy atom. The lowest BCUT2D eigenvalue weighted by atomic mass is 10.0. The fourth-order valence-corrected chi connectivity index (χ4v) is 4.90. The van der Waals surface area contributed by atoms with Gasteiger partial charge in [0.25, 0.3) is 0 Å². The molecule has 0 aliphatic carbocycles. The number of nitrogens with zero attached hydrogens (tertiary/aromatic N) is 4. The lowest BCUT2D eigenvalue weighted by Gasteiger charge is -2.37. The molecule has 7 nitrogen and oxygen atoms in total. The normalized spacial score (nSPS) is 17.9. The Kier molecular flexibility index (Phi) is 5.76. The van der Waals surface area contributed by atoms with E-state index in [-0.39, 0.29) is 5.91 Å². The van der Waals surface area contributed by atoms with Crippen LogP contribution in [-0.2, 0) is 14.3 Å². The van der Waals surface area contributed by atoms with Gasteiger partial charge in [0, 0.05) is 37.2 Å². The summed E-state index contributed by atoms with van der Waals surface area (Å²) >= 11 is 1.42. The highest BCUT2D eigenvalue weighted by atomic mass is 32.2. The molecule has 2 aliphatic heterocycles. The van der Waals surface area contributed by atoms with Crippen LogP contribution in [0.2, 0.25) is 0 Å². The SMILES string of the molecule is O=C(CSc1nnc(-c2ccccc2)n1-c1ccccc1)N1CCC2(CC1)OCCO2. The largest absolute Gasteiger partial charge is 0.347 e. The van der Waals surface area contributed by atoms with Gasteiger partial charge in [-0.15, -0.1) is 10.2 Å². The maximum Gasteiger partial charge on any atom is 0.233 e. The molecule has 31 heavy (non-hydrogen) atoms. The molecule has 1 amide bonds. The van der Waals surface area contributed by atoms with Gasteiger partial charge >= 0.3 is 0 Å². The second kappa shape index (κ2) is 8.82. The minimum absolute atomic E-state index is 0.0988. The summed E-state index contributed by atoms with van der Waals surface area (Å²) in [6, 6.07) is 20.0. The first-order chi connectivity index (χ1) is 15.2. The highest BCUT2D eigenvalue weighted by molar-refractivity contribution is 7.99. The van der Waals surface area contributed by atoms with E-state index >= 15 is 0 Å². The van der Waals surface area contributed by atoms with Crippen LogP contribution in [0.5, 0.6) is 0 Å². The number of hydrogen-bond acceptors (Lipinski definition) is 6. The number of amides is 1. The molecule has 1 aromatic heterocycles. The van der Waals surface area contributed by atoms with Gasteiger partial charge in [-0.1, -0.05) is 60.3 Å². The van der Waals surface area contributed by atoms with Crippen LogP contribution in [0.15, 0.2) is 65.8 Å². The molecule has 8 heteroatoms. The minimum Gasteiger partial charge on any atom is -0.347 e. The highest BCUT2D eigenvalue weighted by Gasteiger charge is 2.40. The molecule has 2 fully saturated rings. The Morgan fingerprint density at radius 1 is 0.935 bits per heavy atom. The van der Waals surface area contributed by atoms with Gasteiger partial charge in [-0.25, -0.2) is 0 Å². The van der Waals surface area contributed by atoms with Crippen LogP contribution >= 0.6 is 11.8 Å². The predicted octanol–water partition coefficient (Wildman–Crippen LogP) is 3.39. The van der Waals surface area contributed by atoms with Crippen LogP contribution in [0.1, 0.15) is 12.8 Å². The standard InChI is InChI=1S/C23H24N4O3S/c28-20(26-13-11-23(12-14-26)29-15-16-30-23)17-31-22-25-24-21(18-7-3-1-4-8-18)27(22)19-9-5-2-6-10-19/h1-10H,11-17H2. The van der Waals surface area contributed by atoms with E-state index in [0.717, 1.165) is 29.9 Å². The zero-order chi connectivity index (χ0) is 21.1. The van der Waals surface area contributed by atoms with E-state index in [4.69, 9.17) is 9.47 Å². The molecule has 1 spiro atoms. The van der Waals surface area contributed by atoms with E-state index in [0.29, 0.717) is 37.2 Å². The number of benzene rings is 2. The monoisotopic (exact) mass is 436 g/mol. The van der Waals surface area contributed by atoms with Gasteiger partial charge in [0.05, 0.1) is 19.0 Å². The summed E-state index contributed by atoms with van der Waals surface area (Å²) in [5.41, 5.74) is 1.95. The number of ether oxygens (including phenoxy) is 2. The summed E-state index contributed by atoms with van der Waals surface area (Å²) in [5.74, 6) is 0.704. The van der Waals surface area contributed by atoms with Crippen molar-refractivity contribution >= 4 is 17.7 Å². The fraction of sp³-hybridized carbons (Fsp3) is 0.348. The lowest BCUT2D eigenvalue weighted by Crippen LogP contribution is -2.47. The average molecular weight is 437 g/mol. The maximum atomic E-state index is 12.9. The fourth-order valence-electron chi connectivity index (χ4n) is 4.05. The zero-order valence-electron chi connectivity index (χ0n) is 17.1. The quantitative estimate of drug-likeness (QED) is 0.571. The summed E-state index contributed by atoms with van der Waals surface area (Å²) < 4.78 is 13.5. The lowest BCUT2D eigenvalue weighted by molar-refractivity contribution is -0.186. The van der Waals surface area contributed by atoms with E-state index in [1.54, 1.807) is 0 Å². The minimum atomic E-state index is -0.470. The summed E-state index contributed by atoms with van der Waals surface area (Å²) in [6.07, 6.45) is 1.45. The molecule has 0 bridgehead atoms. The number of aromatic nitrogens is 3. The molecular weight excluding hydrogens is 412 g/mol. The second-order valence-corrected chi connectivity index (χ2v) is 8.56. The number of piperidine rings is 1. The predicted molar refractivity (Wildman–Crippen MR) is 118 cm³/mol. The number of hydrogen-bond donors (Lipinski definition) is 0. The van der Waals surface area contributed by atoms with Crippen LogP contribution in [-0.4, -0.2) is 63.4 Å². The molecular formula is C23H24N4O3S. The average Bonchev–Trinajstić information content (AvgIpc) is 3.46. The third kappa shape index (κ3) is 4.23. The van der Waals surface area contributed by atoms with Crippen molar-refractivity contribution in [3.63, 3.8) is 0 Å². The van der Waals surface area contributed by atoms with E-state index in [9.17, 15) is 4.79 Å². The topological polar surface area (TPSA) is 69.5 Å². The number of para-hydroxylation sites is 1. The van der Waals surface area contributed by atoms with Crippen molar-refractivity contribution in [1.82, 2.24) is 19.7 Å². The van der Waals surface area contributed by atoms with Crippen LogP contribution < -0.4 is 0 Å². The molecule has 2 saturated heterocycles. The van der Waals surface area contributed by atoms with Gasteiger partial charge in [0.2, 0.25) is 5.91 Å². The van der Waals surface area contributed by atoms with Crippen LogP contribution in [0.25, 0.3) is 17.1 Å². The molecule has 3 heterocycles. The summed E-state index contributed by atoms with van der Waals surface area (Å²) in [4.78, 5) is 14.8. The number of thioether (sulfide) groups is 1. The van der Waals surface area contributed by atoms with Crippen molar-refractivity contribution in [3.05, 3.63) is 60.7 Å². The summed E-state index contributed by atoms with van der Waals surface area (Å²) in [6.45, 7) is 2.59. The number of likely N-dealkylation sites (tertiary alicyclic amines) is 1. The van der Waals surface area contributed by atoms with E-state index in [1.165, 1.54) is 11.8 Å². The van der Waals surface area contributed by atoms with Crippen LogP contribution in [0.4, 0.5) is 0 Å². The van der Waals surface area contributed by atoms with Crippen molar-refractivity contribution < 1.29 is 14.3 Å². The molecule has 2 aromatic carbocycles. The molecule has 5 rings (SSSR count). The number of rotatable bonds is 5. The van der Waals surface area contributed by atoms with Gasteiger partial charge in [-0.05, 0) is 12.1 Å². The third-order valence-electron chi connectivity index (χ3n) is 5.70. The number of carbonyl (C=O) groups is 1. The summed E-state index contributed by atoms with van der Waals surface area (Å²) in [5, 5.41) is 9.55. The Morgan fingerprint density at radius 2 is 1.58 bits per heavy atom. The van der Waals surface area contributed by atoms with E-state index < -0.39 is 5.79 Å². The van der Waals surface area contributed by atoms with Crippen molar-refractivity contribution in [3.8, 4) is 17.1 Å². The Labute approximate surface area is 185 Å². The third-order valence-corrected chi connectivity index (χ3v) is 6.61. The molecule has 0 unspecified atom stereocenters. The molecule has 0 atom stereocenters. The smallest absolute Gasteiger partial charge is 0.233 e. The first-order valence-electron chi connectivity index (χ1n) is 10.5. The van der Waals surface area contributed by atoms with E-state index in [1.807, 2.05) is 70.1 Å². The van der Waals surface area contributed by atoms with Gasteiger partial charge in [0.15, 0.2) is 16.8 Å². The Balaban J connectivity index is 1.31. The Hall–Kier alpha value is -2.68. The van der Waals surface area contributed by atoms with Gasteiger partial charge in [-0.3, -0.25) is 9.36 Å². The molecule has 2 aliphatic rings. The molecule has 3 aromatic rings. The van der Waals surface area contributed by atoms with Gasteiger partial charge < -0.3 is 14.4 Å². The zero-order valence-corrected chi connectivity index (χ0v) is 18.0. The van der Waals surface area contributed by atoms with Gasteiger partial charge in [-0.2, -0.15) is 0 Å². The molecule has 0 saturated carbocycles. The van der Waals surface area contributed by atoms with Crippen molar-refractivity contribution in [2.45, 2.75) is 23.8 Å². The molecule has 0 radical (unpaired) electrons. The second-order valence-electron chi connectivity index (χ2n) is 7.62. The summed E-state index contributed by atoms with van der Waals surface area (Å²) in [7, 11) is 0. The first kappa shape index (κ1) is 20.2. The van der Waals surface area contributed by atoms with Crippen molar-refractivity contribution in [2.75, 3.05) is 32.1 Å². The first-order valence-corrected chi connectivity index (χ1v) is 11.5. The Bertz CT molecular complexity index is 1030. The van der Waals surface area contributed by atoms with Crippen molar-refractivity contribution in [2.24, 2.45) is 0 Å². The van der Waals surface area contributed by atoms with Crippen LogP contribution in [0.3, 0.4) is 0 Å². The van der Waals surface area contributed by atoms with Crippen LogP contribution in [0, 0.1) is 0 Å². The molecule has 160 valence electrons. The number of carbonyl (C=O) groups excluding carboxylic acids is 1. The van der Waals surface area contributed by atoms with Crippen molar-refractivity contribution in [1.29, 1.82) is 0 Å². The maximum absolute atomic E-state index is 12.9. The molecule has 0 N–H and O–H groups in total. The highest BCUT2D eigenvalue weighted by Crippen LogP contribution is 2.32. The van der Waals surface area contributed by atoms with E-state index in [2.05, 4.69) is 10.2 Å².